The van der Waals surface area contributed by atoms with Gasteiger partial charge in [0.05, 0.1) is 16.3 Å². The van der Waals surface area contributed by atoms with E-state index in [1.54, 1.807) is 24.3 Å². The first-order chi connectivity index (χ1) is 13.6. The van der Waals surface area contributed by atoms with Gasteiger partial charge in [-0.2, -0.15) is 5.26 Å². The highest BCUT2D eigenvalue weighted by molar-refractivity contribution is 7.99. The minimum Gasteiger partial charge on any atom is -0.325 e. The van der Waals surface area contributed by atoms with Gasteiger partial charge in [-0.25, -0.2) is 0 Å². The Balaban J connectivity index is 1.69. The maximum Gasteiger partial charge on any atom is 0.234 e. The molecule has 8 heteroatoms. The zero-order valence-electron chi connectivity index (χ0n) is 14.8. The van der Waals surface area contributed by atoms with Crippen molar-refractivity contribution >= 4 is 35.0 Å². The lowest BCUT2D eigenvalue weighted by Gasteiger charge is -2.08. The lowest BCUT2D eigenvalue weighted by molar-refractivity contribution is -0.113. The highest BCUT2D eigenvalue weighted by Crippen LogP contribution is 2.25. The second-order valence-corrected chi connectivity index (χ2v) is 7.06. The first-order valence-corrected chi connectivity index (χ1v) is 9.70. The molecule has 28 heavy (non-hydrogen) atoms. The van der Waals surface area contributed by atoms with Crippen LogP contribution in [0, 0.1) is 11.3 Å². The summed E-state index contributed by atoms with van der Waals surface area (Å²) in [5.41, 5.74) is 1.84. The molecular formula is C20H16ClN5OS. The SMILES string of the molecule is C=CCn1c(SCC(=O)Nc2ccc(C#N)c(Cl)c2)nnc1-c1ccccc1. The van der Waals surface area contributed by atoms with Crippen molar-refractivity contribution in [2.45, 2.75) is 11.7 Å². The van der Waals surface area contributed by atoms with Gasteiger partial charge in [0, 0.05) is 17.8 Å². The fourth-order valence-electron chi connectivity index (χ4n) is 2.50. The molecule has 1 amide bonds. The van der Waals surface area contributed by atoms with E-state index in [-0.39, 0.29) is 11.7 Å². The Kier molecular flexibility index (Phi) is 6.48. The lowest BCUT2D eigenvalue weighted by Crippen LogP contribution is -2.14. The molecule has 0 bridgehead atoms. The highest BCUT2D eigenvalue weighted by Gasteiger charge is 2.15. The van der Waals surface area contributed by atoms with Crippen molar-refractivity contribution in [3.8, 4) is 17.5 Å². The van der Waals surface area contributed by atoms with Crippen LogP contribution in [0.5, 0.6) is 0 Å². The number of allylic oxidation sites excluding steroid dienone is 1. The Morgan fingerprint density at radius 3 is 2.75 bits per heavy atom. The van der Waals surface area contributed by atoms with Crippen molar-refractivity contribution in [2.75, 3.05) is 11.1 Å². The predicted molar refractivity (Wildman–Crippen MR) is 111 cm³/mol. The van der Waals surface area contributed by atoms with Crippen LogP contribution in [-0.2, 0) is 11.3 Å². The van der Waals surface area contributed by atoms with E-state index in [9.17, 15) is 4.79 Å². The number of nitrogens with one attached hydrogen (secondary N) is 1. The van der Waals surface area contributed by atoms with E-state index in [1.807, 2.05) is 41.0 Å². The topological polar surface area (TPSA) is 83.6 Å². The molecule has 1 N–H and O–H groups in total. The van der Waals surface area contributed by atoms with E-state index in [0.717, 1.165) is 11.4 Å². The van der Waals surface area contributed by atoms with E-state index in [0.29, 0.717) is 28.0 Å². The number of nitrogens with zero attached hydrogens (tertiary/aromatic N) is 4. The molecule has 1 aromatic heterocycles. The van der Waals surface area contributed by atoms with Crippen molar-refractivity contribution in [1.29, 1.82) is 5.26 Å². The first kappa shape index (κ1) is 19.7. The summed E-state index contributed by atoms with van der Waals surface area (Å²) in [5, 5.41) is 21.1. The third kappa shape index (κ3) is 4.60. The average Bonchev–Trinajstić information content (AvgIpc) is 3.10. The molecule has 0 saturated carbocycles. The summed E-state index contributed by atoms with van der Waals surface area (Å²) < 4.78 is 1.92. The molecular weight excluding hydrogens is 394 g/mol. The van der Waals surface area contributed by atoms with E-state index >= 15 is 0 Å². The highest BCUT2D eigenvalue weighted by atomic mass is 35.5. The summed E-state index contributed by atoms with van der Waals surface area (Å²) in [6.07, 6.45) is 1.76. The minimum absolute atomic E-state index is 0.154. The first-order valence-electron chi connectivity index (χ1n) is 8.34. The molecule has 2 aromatic carbocycles. The molecule has 0 atom stereocenters. The molecule has 0 aliphatic carbocycles. The van der Waals surface area contributed by atoms with Gasteiger partial charge in [-0.3, -0.25) is 9.36 Å². The van der Waals surface area contributed by atoms with Gasteiger partial charge in [-0.15, -0.1) is 16.8 Å². The molecule has 0 saturated heterocycles. The van der Waals surface area contributed by atoms with Crippen LogP contribution in [-0.4, -0.2) is 26.4 Å². The maximum absolute atomic E-state index is 12.3. The summed E-state index contributed by atoms with van der Waals surface area (Å²) in [6, 6.07) is 16.5. The van der Waals surface area contributed by atoms with Gasteiger partial charge in [0.2, 0.25) is 5.91 Å². The predicted octanol–water partition coefficient (Wildman–Crippen LogP) is 4.39. The van der Waals surface area contributed by atoms with Crippen LogP contribution in [0.15, 0.2) is 66.3 Å². The minimum atomic E-state index is -0.208. The molecule has 0 unspecified atom stereocenters. The zero-order valence-corrected chi connectivity index (χ0v) is 16.4. The lowest BCUT2D eigenvalue weighted by atomic mass is 10.2. The van der Waals surface area contributed by atoms with Crippen LogP contribution < -0.4 is 5.32 Å². The maximum atomic E-state index is 12.3. The Morgan fingerprint density at radius 1 is 1.29 bits per heavy atom. The van der Waals surface area contributed by atoms with Crippen molar-refractivity contribution < 1.29 is 4.79 Å². The number of amides is 1. The summed E-state index contributed by atoms with van der Waals surface area (Å²) >= 11 is 7.28. The molecule has 6 nitrogen and oxygen atoms in total. The molecule has 0 aliphatic rings. The molecule has 0 aliphatic heterocycles. The van der Waals surface area contributed by atoms with Gasteiger partial charge in [-0.05, 0) is 18.2 Å². The largest absolute Gasteiger partial charge is 0.325 e. The van der Waals surface area contributed by atoms with Gasteiger partial charge in [-0.1, -0.05) is 59.8 Å². The summed E-state index contributed by atoms with van der Waals surface area (Å²) in [7, 11) is 0. The summed E-state index contributed by atoms with van der Waals surface area (Å²) in [5.74, 6) is 0.671. The number of halogens is 1. The number of carbonyl (C=O) groups excluding carboxylic acids is 1. The molecule has 0 fully saturated rings. The van der Waals surface area contributed by atoms with Crippen LogP contribution in [0.3, 0.4) is 0 Å². The molecule has 140 valence electrons. The number of rotatable bonds is 7. The van der Waals surface area contributed by atoms with Crippen molar-refractivity contribution in [3.05, 3.63) is 71.8 Å². The van der Waals surface area contributed by atoms with Crippen LogP contribution in [0.25, 0.3) is 11.4 Å². The van der Waals surface area contributed by atoms with Gasteiger partial charge in [0.25, 0.3) is 0 Å². The van der Waals surface area contributed by atoms with Gasteiger partial charge < -0.3 is 5.32 Å². The Bertz CT molecular complexity index is 1040. The Hall–Kier alpha value is -3.08. The third-order valence-electron chi connectivity index (χ3n) is 3.77. The zero-order chi connectivity index (χ0) is 19.9. The fourth-order valence-corrected chi connectivity index (χ4v) is 3.47. The van der Waals surface area contributed by atoms with Crippen molar-refractivity contribution in [2.24, 2.45) is 0 Å². The van der Waals surface area contributed by atoms with Crippen LogP contribution in [0.1, 0.15) is 5.56 Å². The standard InChI is InChI=1S/C20H16ClN5OS/c1-2-10-26-19(14-6-4-3-5-7-14)24-25-20(26)28-13-18(27)23-16-9-8-15(12-22)17(21)11-16/h2-9,11H,1,10,13H2,(H,23,27). The van der Waals surface area contributed by atoms with Crippen molar-refractivity contribution in [3.63, 3.8) is 0 Å². The van der Waals surface area contributed by atoms with Crippen molar-refractivity contribution in [1.82, 2.24) is 14.8 Å². The van der Waals surface area contributed by atoms with Gasteiger partial charge in [0.1, 0.15) is 6.07 Å². The smallest absolute Gasteiger partial charge is 0.234 e. The number of carbonyl (C=O) groups is 1. The molecule has 1 heterocycles. The molecule has 3 aromatic rings. The number of aromatic nitrogens is 3. The second-order valence-electron chi connectivity index (χ2n) is 5.71. The fraction of sp³-hybridized carbons (Fsp3) is 0.100. The quantitative estimate of drug-likeness (QED) is 0.462. The number of hydrogen-bond donors (Lipinski definition) is 1. The normalized spacial score (nSPS) is 10.3. The molecule has 0 radical (unpaired) electrons. The number of hydrogen-bond acceptors (Lipinski definition) is 5. The van der Waals surface area contributed by atoms with E-state index in [4.69, 9.17) is 16.9 Å². The number of anilines is 1. The molecule has 0 spiro atoms. The number of thioether (sulfide) groups is 1. The average molecular weight is 410 g/mol. The van der Waals surface area contributed by atoms with Crippen LogP contribution in [0.2, 0.25) is 5.02 Å². The molecule has 3 rings (SSSR count). The summed E-state index contributed by atoms with van der Waals surface area (Å²) in [6.45, 7) is 4.32. The Morgan fingerprint density at radius 2 is 2.07 bits per heavy atom. The second kappa shape index (κ2) is 9.22. The van der Waals surface area contributed by atoms with E-state index < -0.39 is 0 Å². The van der Waals surface area contributed by atoms with Crippen LogP contribution in [0.4, 0.5) is 5.69 Å². The van der Waals surface area contributed by atoms with Gasteiger partial charge >= 0.3 is 0 Å². The van der Waals surface area contributed by atoms with E-state index in [1.165, 1.54) is 11.8 Å². The third-order valence-corrected chi connectivity index (χ3v) is 5.05. The van der Waals surface area contributed by atoms with Crippen LogP contribution >= 0.6 is 23.4 Å². The van der Waals surface area contributed by atoms with Gasteiger partial charge in [0.15, 0.2) is 11.0 Å². The number of benzene rings is 2. The summed E-state index contributed by atoms with van der Waals surface area (Å²) in [4.78, 5) is 12.3. The number of nitriles is 1. The monoisotopic (exact) mass is 409 g/mol. The van der Waals surface area contributed by atoms with E-state index in [2.05, 4.69) is 22.1 Å². The Labute approximate surface area is 171 Å².